The number of benzene rings is 1. The molecule has 0 saturated carbocycles. The first-order chi connectivity index (χ1) is 8.56. The van der Waals surface area contributed by atoms with Crippen molar-refractivity contribution in [1.82, 2.24) is 4.90 Å². The van der Waals surface area contributed by atoms with Gasteiger partial charge in [-0.05, 0) is 57.3 Å². The van der Waals surface area contributed by atoms with Crippen molar-refractivity contribution >= 4 is 40.5 Å². The fourth-order valence-electron chi connectivity index (χ4n) is 1.58. The number of nitrogens with zero attached hydrogens (tertiary/aromatic N) is 2. The molecule has 0 saturated heterocycles. The van der Waals surface area contributed by atoms with Gasteiger partial charge in [-0.2, -0.15) is 0 Å². The predicted molar refractivity (Wildman–Crippen MR) is 83.7 cm³/mol. The van der Waals surface area contributed by atoms with Gasteiger partial charge in [0, 0.05) is 23.8 Å². The average molecular weight is 284 g/mol. The number of aliphatic imine (C=N–C) groups is 1. The van der Waals surface area contributed by atoms with Crippen molar-refractivity contribution in [3.63, 3.8) is 0 Å². The normalized spacial score (nSPS) is 11.2. The lowest BCUT2D eigenvalue weighted by Crippen LogP contribution is -2.29. The van der Waals surface area contributed by atoms with Gasteiger partial charge < -0.3 is 10.2 Å². The maximum Gasteiger partial charge on any atom is 0.198 e. The Kier molecular flexibility index (Phi) is 6.09. The van der Waals surface area contributed by atoms with E-state index in [2.05, 4.69) is 29.1 Å². The third kappa shape index (κ3) is 4.63. The van der Waals surface area contributed by atoms with E-state index in [1.165, 1.54) is 0 Å². The Morgan fingerprint density at radius 3 is 2.33 bits per heavy atom. The van der Waals surface area contributed by atoms with Crippen LogP contribution in [0.3, 0.4) is 0 Å². The summed E-state index contributed by atoms with van der Waals surface area (Å²) in [4.78, 5) is 6.52. The third-order valence-corrected chi connectivity index (χ3v) is 3.03. The molecule has 1 rings (SSSR count). The molecule has 1 aromatic carbocycles. The number of amidine groups is 1. The summed E-state index contributed by atoms with van der Waals surface area (Å²) in [6.45, 7) is 8.00. The van der Waals surface area contributed by atoms with Crippen molar-refractivity contribution in [2.24, 2.45) is 4.99 Å². The minimum absolute atomic E-state index is 0.460. The highest BCUT2D eigenvalue weighted by atomic mass is 35.5. The molecule has 0 aromatic heterocycles. The number of anilines is 1. The van der Waals surface area contributed by atoms with Crippen LogP contribution in [-0.2, 0) is 0 Å². The molecule has 0 atom stereocenters. The second kappa shape index (κ2) is 7.34. The third-order valence-electron chi connectivity index (χ3n) is 2.58. The maximum atomic E-state index is 5.82. The fraction of sp³-hybridized carbons (Fsp3) is 0.385. The van der Waals surface area contributed by atoms with Crippen molar-refractivity contribution in [3.8, 4) is 0 Å². The molecule has 3 nitrogen and oxygen atoms in total. The number of nitrogens with one attached hydrogen (secondary N) is 1. The van der Waals surface area contributed by atoms with Crippen LogP contribution in [0.15, 0.2) is 29.3 Å². The van der Waals surface area contributed by atoms with Crippen LogP contribution in [0.2, 0.25) is 5.02 Å². The van der Waals surface area contributed by atoms with Crippen molar-refractivity contribution < 1.29 is 0 Å². The summed E-state index contributed by atoms with van der Waals surface area (Å²) in [5.41, 5.74) is 0.889. The number of hydrogen-bond donors (Lipinski definition) is 1. The topological polar surface area (TPSA) is 27.6 Å². The van der Waals surface area contributed by atoms with Gasteiger partial charge in [-0.15, -0.1) is 0 Å². The number of thiocarbonyl (C=S) groups is 1. The highest BCUT2D eigenvalue weighted by molar-refractivity contribution is 7.80. The molecule has 0 heterocycles. The molecule has 0 unspecified atom stereocenters. The minimum atomic E-state index is 0.460. The van der Waals surface area contributed by atoms with Crippen molar-refractivity contribution in [1.29, 1.82) is 0 Å². The van der Waals surface area contributed by atoms with Crippen LogP contribution >= 0.6 is 23.8 Å². The molecule has 0 fully saturated rings. The Morgan fingerprint density at radius 1 is 1.28 bits per heavy atom. The second-order valence-corrected chi connectivity index (χ2v) is 4.59. The monoisotopic (exact) mass is 283 g/mol. The molecule has 0 bridgehead atoms. The summed E-state index contributed by atoms with van der Waals surface area (Å²) in [5, 5.41) is 4.22. The maximum absolute atomic E-state index is 5.82. The Morgan fingerprint density at radius 2 is 1.83 bits per heavy atom. The highest BCUT2D eigenvalue weighted by Gasteiger charge is 2.03. The van der Waals surface area contributed by atoms with E-state index in [4.69, 9.17) is 23.8 Å². The Balaban J connectivity index is 2.66. The predicted octanol–water partition coefficient (Wildman–Crippen LogP) is 3.80. The summed E-state index contributed by atoms with van der Waals surface area (Å²) < 4.78 is 0. The molecule has 0 aliphatic carbocycles. The van der Waals surface area contributed by atoms with Crippen LogP contribution in [-0.4, -0.2) is 28.9 Å². The Labute approximate surface area is 119 Å². The highest BCUT2D eigenvalue weighted by Crippen LogP contribution is 2.13. The van der Waals surface area contributed by atoms with E-state index in [-0.39, 0.29) is 0 Å². The summed E-state index contributed by atoms with van der Waals surface area (Å²) in [7, 11) is 0. The minimum Gasteiger partial charge on any atom is -0.361 e. The summed E-state index contributed by atoms with van der Waals surface area (Å²) in [5.74, 6) is 0.923. The lowest BCUT2D eigenvalue weighted by Gasteiger charge is -2.20. The van der Waals surface area contributed by atoms with Gasteiger partial charge in [0.2, 0.25) is 0 Å². The van der Waals surface area contributed by atoms with Crippen LogP contribution in [0.25, 0.3) is 0 Å². The second-order valence-electron chi connectivity index (χ2n) is 3.77. The number of rotatable bonds is 3. The molecular formula is C13H18ClN3S. The molecule has 1 aromatic rings. The van der Waals surface area contributed by atoms with Crippen molar-refractivity contribution in [2.45, 2.75) is 20.8 Å². The molecule has 0 amide bonds. The van der Waals surface area contributed by atoms with Gasteiger partial charge >= 0.3 is 0 Å². The molecule has 1 N–H and O–H groups in total. The fourth-order valence-corrected chi connectivity index (χ4v) is 1.96. The SMILES string of the molecule is CCN(CC)/C(C)=N\C(=S)Nc1ccc(Cl)cc1. The molecule has 5 heteroatoms. The van der Waals surface area contributed by atoms with E-state index in [0.717, 1.165) is 24.6 Å². The molecule has 0 spiro atoms. The van der Waals surface area contributed by atoms with Crippen molar-refractivity contribution in [2.75, 3.05) is 18.4 Å². The lowest BCUT2D eigenvalue weighted by molar-refractivity contribution is 0.463. The quantitative estimate of drug-likeness (QED) is 0.519. The van der Waals surface area contributed by atoms with E-state index in [1.54, 1.807) is 0 Å². The first-order valence-corrected chi connectivity index (χ1v) is 6.72. The smallest absolute Gasteiger partial charge is 0.198 e. The van der Waals surface area contributed by atoms with E-state index in [0.29, 0.717) is 10.1 Å². The Bertz CT molecular complexity index is 424. The zero-order valence-electron chi connectivity index (χ0n) is 10.9. The van der Waals surface area contributed by atoms with Gasteiger partial charge in [-0.25, -0.2) is 4.99 Å². The molecule has 0 aliphatic rings. The van der Waals surface area contributed by atoms with E-state index < -0.39 is 0 Å². The summed E-state index contributed by atoms with van der Waals surface area (Å²) in [6.07, 6.45) is 0. The largest absolute Gasteiger partial charge is 0.361 e. The standard InChI is InChI=1S/C13H18ClN3S/c1-4-17(5-2)10(3)15-13(18)16-12-8-6-11(14)7-9-12/h6-9H,4-5H2,1-3H3,(H,16,18)/b15-10-. The van der Waals surface area contributed by atoms with Gasteiger partial charge in [0.1, 0.15) is 5.84 Å². The molecule has 0 aliphatic heterocycles. The van der Waals surface area contributed by atoms with Crippen LogP contribution in [0.1, 0.15) is 20.8 Å². The van der Waals surface area contributed by atoms with Crippen LogP contribution in [0, 0.1) is 0 Å². The lowest BCUT2D eigenvalue weighted by atomic mass is 10.3. The van der Waals surface area contributed by atoms with Crippen LogP contribution < -0.4 is 5.32 Å². The van der Waals surface area contributed by atoms with Gasteiger partial charge in [-0.3, -0.25) is 0 Å². The molecule has 0 radical (unpaired) electrons. The number of halogens is 1. The summed E-state index contributed by atoms with van der Waals surface area (Å²) >= 11 is 11.0. The first kappa shape index (κ1) is 14.9. The van der Waals surface area contributed by atoms with Gasteiger partial charge in [0.15, 0.2) is 5.11 Å². The van der Waals surface area contributed by atoms with Crippen LogP contribution in [0.4, 0.5) is 5.69 Å². The molecule has 18 heavy (non-hydrogen) atoms. The zero-order chi connectivity index (χ0) is 13.5. The van der Waals surface area contributed by atoms with Gasteiger partial charge in [-0.1, -0.05) is 11.6 Å². The average Bonchev–Trinajstić information content (AvgIpc) is 2.33. The van der Waals surface area contributed by atoms with Crippen LogP contribution in [0.5, 0.6) is 0 Å². The van der Waals surface area contributed by atoms with Gasteiger partial charge in [0.05, 0.1) is 0 Å². The summed E-state index contributed by atoms with van der Waals surface area (Å²) in [6, 6.07) is 7.37. The van der Waals surface area contributed by atoms with E-state index in [9.17, 15) is 0 Å². The van der Waals surface area contributed by atoms with Crippen molar-refractivity contribution in [3.05, 3.63) is 29.3 Å². The zero-order valence-corrected chi connectivity index (χ0v) is 12.5. The number of hydrogen-bond acceptors (Lipinski definition) is 1. The Hall–Kier alpha value is -1.13. The molecular weight excluding hydrogens is 266 g/mol. The van der Waals surface area contributed by atoms with E-state index >= 15 is 0 Å². The first-order valence-electron chi connectivity index (χ1n) is 5.93. The van der Waals surface area contributed by atoms with E-state index in [1.807, 2.05) is 31.2 Å². The molecule has 98 valence electrons. The van der Waals surface area contributed by atoms with Gasteiger partial charge in [0.25, 0.3) is 0 Å².